The van der Waals surface area contributed by atoms with Crippen LogP contribution in [-0.2, 0) is 15.3 Å². The van der Waals surface area contributed by atoms with E-state index < -0.39 is 17.9 Å². The van der Waals surface area contributed by atoms with Gasteiger partial charge in [-0.1, -0.05) is 6.07 Å². The molecule has 0 aliphatic carbocycles. The highest BCUT2D eigenvalue weighted by molar-refractivity contribution is 7.98. The number of aliphatic carboxylic acids is 1. The van der Waals surface area contributed by atoms with Gasteiger partial charge in [-0.05, 0) is 30.2 Å². The second kappa shape index (κ2) is 7.54. The van der Waals surface area contributed by atoms with Crippen molar-refractivity contribution in [3.63, 3.8) is 0 Å². The first-order valence-corrected chi connectivity index (χ1v) is 7.00. The van der Waals surface area contributed by atoms with Gasteiger partial charge in [-0.3, -0.25) is 9.59 Å². The second-order valence-corrected chi connectivity index (χ2v) is 5.23. The van der Waals surface area contributed by atoms with Crippen LogP contribution in [0.25, 0.3) is 0 Å². The fourth-order valence-electron chi connectivity index (χ4n) is 1.57. The Morgan fingerprint density at radius 1 is 1.50 bits per heavy atom. The first-order valence-electron chi connectivity index (χ1n) is 5.85. The maximum Gasteiger partial charge on any atom is 0.327 e. The molecule has 1 aromatic carbocycles. The lowest BCUT2D eigenvalue weighted by Gasteiger charge is -2.11. The average Bonchev–Trinajstić information content (AvgIpc) is 2.39. The molecule has 1 rings (SSSR count). The molecule has 0 saturated carbocycles. The minimum Gasteiger partial charge on any atom is -0.480 e. The van der Waals surface area contributed by atoms with E-state index in [9.17, 15) is 14.4 Å². The van der Waals surface area contributed by atoms with E-state index in [2.05, 4.69) is 5.32 Å². The van der Waals surface area contributed by atoms with E-state index in [1.54, 1.807) is 18.2 Å². The SMILES string of the molecule is Cc1cc(C(N)=O)ccc1CSCC(NC=O)C(=O)O. The number of benzene rings is 1. The van der Waals surface area contributed by atoms with Crippen molar-refractivity contribution < 1.29 is 19.5 Å². The van der Waals surface area contributed by atoms with Gasteiger partial charge < -0.3 is 16.2 Å². The third-order valence-corrected chi connectivity index (χ3v) is 3.82. The summed E-state index contributed by atoms with van der Waals surface area (Å²) in [7, 11) is 0. The van der Waals surface area contributed by atoms with E-state index in [0.717, 1.165) is 11.1 Å². The van der Waals surface area contributed by atoms with Crippen molar-refractivity contribution in [1.82, 2.24) is 5.32 Å². The Hall–Kier alpha value is -2.02. The highest BCUT2D eigenvalue weighted by atomic mass is 32.2. The number of nitrogens with two attached hydrogens (primary N) is 1. The zero-order valence-corrected chi connectivity index (χ0v) is 11.8. The highest BCUT2D eigenvalue weighted by Crippen LogP contribution is 2.18. The van der Waals surface area contributed by atoms with E-state index in [0.29, 0.717) is 17.7 Å². The number of carbonyl (C=O) groups excluding carboxylic acids is 2. The van der Waals surface area contributed by atoms with Crippen LogP contribution in [0, 0.1) is 6.92 Å². The standard InChI is InChI=1S/C13H16N2O4S/c1-8-4-9(12(14)17)2-3-10(8)5-20-6-11(13(18)19)15-7-16/h2-4,7,11H,5-6H2,1H3,(H2,14,17)(H,15,16)(H,18,19). The van der Waals surface area contributed by atoms with Crippen molar-refractivity contribution >= 4 is 30.0 Å². The molecule has 0 saturated heterocycles. The zero-order valence-electron chi connectivity index (χ0n) is 11.0. The maximum atomic E-state index is 11.0. The van der Waals surface area contributed by atoms with Gasteiger partial charge in [-0.15, -0.1) is 0 Å². The molecule has 0 bridgehead atoms. The molecule has 2 amide bonds. The lowest BCUT2D eigenvalue weighted by atomic mass is 10.1. The van der Waals surface area contributed by atoms with Gasteiger partial charge in [0.2, 0.25) is 12.3 Å². The lowest BCUT2D eigenvalue weighted by Crippen LogP contribution is -2.37. The van der Waals surface area contributed by atoms with Crippen molar-refractivity contribution in [3.05, 3.63) is 34.9 Å². The van der Waals surface area contributed by atoms with Crippen LogP contribution >= 0.6 is 11.8 Å². The molecule has 4 N–H and O–H groups in total. The Bertz CT molecular complexity index is 519. The Balaban J connectivity index is 2.59. The van der Waals surface area contributed by atoms with Gasteiger partial charge in [0.25, 0.3) is 0 Å². The molecule has 0 aromatic heterocycles. The first-order chi connectivity index (χ1) is 9.45. The zero-order chi connectivity index (χ0) is 15.1. The van der Waals surface area contributed by atoms with Gasteiger partial charge in [0.05, 0.1) is 0 Å². The van der Waals surface area contributed by atoms with Crippen LogP contribution < -0.4 is 11.1 Å². The summed E-state index contributed by atoms with van der Waals surface area (Å²) in [5, 5.41) is 11.1. The third kappa shape index (κ3) is 4.58. The maximum absolute atomic E-state index is 11.0. The molecule has 0 aliphatic heterocycles. The van der Waals surface area contributed by atoms with Gasteiger partial charge >= 0.3 is 5.97 Å². The molecular formula is C13H16N2O4S. The third-order valence-electron chi connectivity index (χ3n) is 2.74. The topological polar surface area (TPSA) is 109 Å². The van der Waals surface area contributed by atoms with E-state index in [1.165, 1.54) is 11.8 Å². The number of nitrogens with one attached hydrogen (secondary N) is 1. The summed E-state index contributed by atoms with van der Waals surface area (Å²) in [5.41, 5.74) is 7.55. The summed E-state index contributed by atoms with van der Waals surface area (Å²) >= 11 is 1.39. The summed E-state index contributed by atoms with van der Waals surface area (Å²) in [6.45, 7) is 1.86. The second-order valence-electron chi connectivity index (χ2n) is 4.20. The number of carboxylic acid groups (broad SMARTS) is 1. The molecule has 0 heterocycles. The molecule has 20 heavy (non-hydrogen) atoms. The fourth-order valence-corrected chi connectivity index (χ4v) is 2.71. The number of hydrogen-bond donors (Lipinski definition) is 3. The molecule has 0 fully saturated rings. The molecule has 0 radical (unpaired) electrons. The molecule has 7 heteroatoms. The molecule has 1 aromatic rings. The van der Waals surface area contributed by atoms with E-state index in [4.69, 9.17) is 10.8 Å². The Kier molecular flexibility index (Phi) is 6.05. The summed E-state index contributed by atoms with van der Waals surface area (Å²) in [6, 6.07) is 4.24. The highest BCUT2D eigenvalue weighted by Gasteiger charge is 2.16. The van der Waals surface area contributed by atoms with Crippen molar-refractivity contribution in [3.8, 4) is 0 Å². The van der Waals surface area contributed by atoms with Crippen LogP contribution in [0.3, 0.4) is 0 Å². The fraction of sp³-hybridized carbons (Fsp3) is 0.308. The van der Waals surface area contributed by atoms with Gasteiger partial charge in [0.15, 0.2) is 0 Å². The van der Waals surface area contributed by atoms with Gasteiger partial charge in [0, 0.05) is 17.1 Å². The van der Waals surface area contributed by atoms with E-state index in [1.807, 2.05) is 6.92 Å². The molecule has 0 spiro atoms. The van der Waals surface area contributed by atoms with E-state index in [-0.39, 0.29) is 5.75 Å². The van der Waals surface area contributed by atoms with Crippen LogP contribution in [0.15, 0.2) is 18.2 Å². The number of thioether (sulfide) groups is 1. The summed E-state index contributed by atoms with van der Waals surface area (Å²) < 4.78 is 0. The first kappa shape index (κ1) is 16.0. The predicted octanol–water partition coefficient (Wildman–Crippen LogP) is 0.526. The molecule has 1 unspecified atom stereocenters. The van der Waals surface area contributed by atoms with Gasteiger partial charge in [-0.25, -0.2) is 4.79 Å². The smallest absolute Gasteiger partial charge is 0.327 e. The number of carbonyl (C=O) groups is 3. The largest absolute Gasteiger partial charge is 0.480 e. The minimum absolute atomic E-state index is 0.269. The molecule has 6 nitrogen and oxygen atoms in total. The van der Waals surface area contributed by atoms with Crippen molar-refractivity contribution in [2.24, 2.45) is 5.73 Å². The van der Waals surface area contributed by atoms with Gasteiger partial charge in [-0.2, -0.15) is 11.8 Å². The molecule has 108 valence electrons. The number of carboxylic acids is 1. The Labute approximate surface area is 120 Å². The van der Waals surface area contributed by atoms with Crippen LogP contribution in [0.1, 0.15) is 21.5 Å². The summed E-state index contributed by atoms with van der Waals surface area (Å²) in [6.07, 6.45) is 0.381. The number of primary amides is 1. The Morgan fingerprint density at radius 3 is 2.70 bits per heavy atom. The van der Waals surface area contributed by atoms with Crippen molar-refractivity contribution in [1.29, 1.82) is 0 Å². The van der Waals surface area contributed by atoms with E-state index >= 15 is 0 Å². The monoisotopic (exact) mass is 296 g/mol. The number of amides is 2. The quantitative estimate of drug-likeness (QED) is 0.606. The van der Waals surface area contributed by atoms with Crippen molar-refractivity contribution in [2.75, 3.05) is 5.75 Å². The summed E-state index contributed by atoms with van der Waals surface area (Å²) in [5.74, 6) is -0.681. The number of hydrogen-bond acceptors (Lipinski definition) is 4. The van der Waals surface area contributed by atoms with Gasteiger partial charge in [0.1, 0.15) is 6.04 Å². The number of aryl methyl sites for hydroxylation is 1. The van der Waals surface area contributed by atoms with Crippen LogP contribution in [0.2, 0.25) is 0 Å². The Morgan fingerprint density at radius 2 is 2.20 bits per heavy atom. The molecular weight excluding hydrogens is 280 g/mol. The average molecular weight is 296 g/mol. The summed E-state index contributed by atoms with van der Waals surface area (Å²) in [4.78, 5) is 32.1. The predicted molar refractivity (Wildman–Crippen MR) is 76.5 cm³/mol. The van der Waals surface area contributed by atoms with Crippen LogP contribution in [0.5, 0.6) is 0 Å². The molecule has 0 aliphatic rings. The lowest BCUT2D eigenvalue weighted by molar-refractivity contribution is -0.139. The van der Waals surface area contributed by atoms with Crippen molar-refractivity contribution in [2.45, 2.75) is 18.7 Å². The number of rotatable bonds is 8. The van der Waals surface area contributed by atoms with Crippen LogP contribution in [0.4, 0.5) is 0 Å². The molecule has 1 atom stereocenters. The normalized spacial score (nSPS) is 11.7. The minimum atomic E-state index is -1.06. The van der Waals surface area contributed by atoms with Crippen LogP contribution in [-0.4, -0.2) is 35.2 Å².